The first-order valence-corrected chi connectivity index (χ1v) is 6.32. The van der Waals surface area contributed by atoms with Crippen LogP contribution in [0.2, 0.25) is 0 Å². The van der Waals surface area contributed by atoms with Gasteiger partial charge in [0.05, 0.1) is 13.2 Å². The van der Waals surface area contributed by atoms with E-state index in [0.717, 1.165) is 19.6 Å². The van der Waals surface area contributed by atoms with Crippen LogP contribution in [0.15, 0.2) is 48.5 Å². The summed E-state index contributed by atoms with van der Waals surface area (Å²) in [5.74, 6) is 0. The Balaban J connectivity index is 1.78. The van der Waals surface area contributed by atoms with Crippen molar-refractivity contribution in [3.8, 4) is 0 Å². The highest BCUT2D eigenvalue weighted by Gasteiger charge is 2.14. The third kappa shape index (κ3) is 2.30. The van der Waals surface area contributed by atoms with Crippen molar-refractivity contribution in [2.24, 2.45) is 5.73 Å². The number of rotatable bonds is 3. The molecule has 0 saturated heterocycles. The molecule has 0 aliphatic carbocycles. The topological polar surface area (TPSA) is 35.2 Å². The fourth-order valence-electron chi connectivity index (χ4n) is 2.41. The van der Waals surface area contributed by atoms with Crippen molar-refractivity contribution < 1.29 is 4.74 Å². The third-order valence-electron chi connectivity index (χ3n) is 3.47. The van der Waals surface area contributed by atoms with Crippen LogP contribution in [0.5, 0.6) is 0 Å². The number of hydrogen-bond donors (Lipinski definition) is 1. The van der Waals surface area contributed by atoms with Crippen LogP contribution in [-0.2, 0) is 24.4 Å². The Morgan fingerprint density at radius 2 is 1.78 bits per heavy atom. The summed E-state index contributed by atoms with van der Waals surface area (Å²) in [6.45, 7) is 1.46. The van der Waals surface area contributed by atoms with E-state index in [2.05, 4.69) is 42.5 Å². The summed E-state index contributed by atoms with van der Waals surface area (Å²) in [5.41, 5.74) is 11.3. The first-order chi connectivity index (χ1) is 8.83. The highest BCUT2D eigenvalue weighted by Crippen LogP contribution is 2.24. The van der Waals surface area contributed by atoms with Crippen LogP contribution in [-0.4, -0.2) is 0 Å². The minimum Gasteiger partial charge on any atom is -0.372 e. The van der Waals surface area contributed by atoms with E-state index < -0.39 is 0 Å². The van der Waals surface area contributed by atoms with Gasteiger partial charge in [0.15, 0.2) is 0 Å². The number of ether oxygens (including phenoxy) is 1. The summed E-state index contributed by atoms with van der Waals surface area (Å²) in [5, 5.41) is 0. The number of benzene rings is 2. The Kier molecular flexibility index (Phi) is 3.13. The molecule has 2 heteroatoms. The highest BCUT2D eigenvalue weighted by atomic mass is 16.5. The smallest absolute Gasteiger partial charge is 0.0725 e. The summed E-state index contributed by atoms with van der Waals surface area (Å²) in [6.07, 6.45) is 0.875. The average molecular weight is 239 g/mol. The molecule has 0 aromatic heterocycles. The van der Waals surface area contributed by atoms with Crippen molar-refractivity contribution in [2.75, 3.05) is 0 Å². The molecule has 0 fully saturated rings. The van der Waals surface area contributed by atoms with Gasteiger partial charge in [-0.1, -0.05) is 48.5 Å². The molecule has 1 atom stereocenters. The van der Waals surface area contributed by atoms with Crippen LogP contribution in [0.4, 0.5) is 0 Å². The summed E-state index contributed by atoms with van der Waals surface area (Å²) in [6, 6.07) is 16.9. The highest BCUT2D eigenvalue weighted by molar-refractivity contribution is 5.35. The summed E-state index contributed by atoms with van der Waals surface area (Å²) < 4.78 is 5.43. The second kappa shape index (κ2) is 4.92. The molecule has 0 radical (unpaired) electrons. The Labute approximate surface area is 107 Å². The first-order valence-electron chi connectivity index (χ1n) is 6.32. The monoisotopic (exact) mass is 239 g/mol. The van der Waals surface area contributed by atoms with Gasteiger partial charge in [0.1, 0.15) is 0 Å². The maximum atomic E-state index is 6.28. The molecule has 0 bridgehead atoms. The van der Waals surface area contributed by atoms with E-state index in [9.17, 15) is 0 Å². The van der Waals surface area contributed by atoms with Gasteiger partial charge < -0.3 is 10.5 Å². The zero-order valence-corrected chi connectivity index (χ0v) is 10.3. The number of fused-ring (bicyclic) bond motifs is 1. The van der Waals surface area contributed by atoms with Crippen molar-refractivity contribution in [3.63, 3.8) is 0 Å². The lowest BCUT2D eigenvalue weighted by atomic mass is 9.97. The molecular formula is C16H17NO. The zero-order chi connectivity index (χ0) is 12.4. The molecule has 92 valence electrons. The lowest BCUT2D eigenvalue weighted by Gasteiger charge is -2.13. The van der Waals surface area contributed by atoms with E-state index in [4.69, 9.17) is 10.5 Å². The lowest BCUT2D eigenvalue weighted by molar-refractivity contribution is 0.134. The molecule has 0 saturated carbocycles. The van der Waals surface area contributed by atoms with Gasteiger partial charge in [0.2, 0.25) is 0 Å². The van der Waals surface area contributed by atoms with E-state index in [1.807, 2.05) is 6.07 Å². The summed E-state index contributed by atoms with van der Waals surface area (Å²) in [7, 11) is 0. The van der Waals surface area contributed by atoms with Gasteiger partial charge in [0, 0.05) is 6.04 Å². The number of nitrogens with two attached hydrogens (primary N) is 1. The van der Waals surface area contributed by atoms with Crippen LogP contribution >= 0.6 is 0 Å². The molecule has 0 spiro atoms. The standard InChI is InChI=1S/C16H17NO/c17-16(8-12-4-2-1-3-5-12)13-6-7-14-10-18-11-15(14)9-13/h1-7,9,16H,8,10-11,17H2. The fraction of sp³-hybridized carbons (Fsp3) is 0.250. The minimum absolute atomic E-state index is 0.0540. The van der Waals surface area contributed by atoms with Crippen LogP contribution in [0.3, 0.4) is 0 Å². The van der Waals surface area contributed by atoms with E-state index in [0.29, 0.717) is 0 Å². The summed E-state index contributed by atoms with van der Waals surface area (Å²) >= 11 is 0. The van der Waals surface area contributed by atoms with E-state index in [1.165, 1.54) is 22.3 Å². The SMILES string of the molecule is NC(Cc1ccccc1)c1ccc2c(c1)COC2. The lowest BCUT2D eigenvalue weighted by Crippen LogP contribution is -2.13. The van der Waals surface area contributed by atoms with Crippen molar-refractivity contribution in [1.82, 2.24) is 0 Å². The molecule has 1 unspecified atom stereocenters. The van der Waals surface area contributed by atoms with Gasteiger partial charge in [-0.15, -0.1) is 0 Å². The van der Waals surface area contributed by atoms with E-state index in [-0.39, 0.29) is 6.04 Å². The maximum absolute atomic E-state index is 6.28. The normalized spacial score (nSPS) is 15.4. The van der Waals surface area contributed by atoms with Crippen molar-refractivity contribution in [2.45, 2.75) is 25.7 Å². The Hall–Kier alpha value is -1.64. The van der Waals surface area contributed by atoms with Crippen LogP contribution in [0.1, 0.15) is 28.3 Å². The molecule has 1 heterocycles. The second-order valence-electron chi connectivity index (χ2n) is 4.82. The molecule has 1 aliphatic heterocycles. The van der Waals surface area contributed by atoms with Gasteiger partial charge >= 0.3 is 0 Å². The Bertz CT molecular complexity index is 536. The quantitative estimate of drug-likeness (QED) is 0.893. The first kappa shape index (κ1) is 11.5. The zero-order valence-electron chi connectivity index (χ0n) is 10.3. The fourth-order valence-corrected chi connectivity index (χ4v) is 2.41. The predicted octanol–water partition coefficient (Wildman–Crippen LogP) is 2.96. The van der Waals surface area contributed by atoms with E-state index >= 15 is 0 Å². The molecule has 1 aliphatic rings. The largest absolute Gasteiger partial charge is 0.372 e. The van der Waals surface area contributed by atoms with Gasteiger partial charge in [-0.3, -0.25) is 0 Å². The van der Waals surface area contributed by atoms with Gasteiger partial charge in [0.25, 0.3) is 0 Å². The third-order valence-corrected chi connectivity index (χ3v) is 3.47. The predicted molar refractivity (Wildman–Crippen MR) is 72.0 cm³/mol. The van der Waals surface area contributed by atoms with Crippen LogP contribution in [0, 0.1) is 0 Å². The molecule has 2 aromatic rings. The average Bonchev–Trinajstić information content (AvgIpc) is 2.87. The van der Waals surface area contributed by atoms with Crippen molar-refractivity contribution in [1.29, 1.82) is 0 Å². The molecule has 2 nitrogen and oxygen atoms in total. The molecule has 3 rings (SSSR count). The minimum atomic E-state index is 0.0540. The molecular weight excluding hydrogens is 222 g/mol. The molecule has 18 heavy (non-hydrogen) atoms. The molecule has 2 N–H and O–H groups in total. The Morgan fingerprint density at radius 1 is 1.00 bits per heavy atom. The molecule has 2 aromatic carbocycles. The van der Waals surface area contributed by atoms with E-state index in [1.54, 1.807) is 0 Å². The van der Waals surface area contributed by atoms with Gasteiger partial charge in [-0.25, -0.2) is 0 Å². The van der Waals surface area contributed by atoms with Crippen LogP contribution in [0.25, 0.3) is 0 Å². The van der Waals surface area contributed by atoms with Crippen molar-refractivity contribution >= 4 is 0 Å². The molecule has 0 amide bonds. The van der Waals surface area contributed by atoms with Gasteiger partial charge in [-0.2, -0.15) is 0 Å². The summed E-state index contributed by atoms with van der Waals surface area (Å²) in [4.78, 5) is 0. The van der Waals surface area contributed by atoms with Crippen LogP contribution < -0.4 is 5.73 Å². The van der Waals surface area contributed by atoms with Gasteiger partial charge in [-0.05, 0) is 28.7 Å². The maximum Gasteiger partial charge on any atom is 0.0725 e. The second-order valence-corrected chi connectivity index (χ2v) is 4.82. The van der Waals surface area contributed by atoms with Crippen molar-refractivity contribution in [3.05, 3.63) is 70.8 Å². The Morgan fingerprint density at radius 3 is 2.61 bits per heavy atom. The number of hydrogen-bond acceptors (Lipinski definition) is 2.